The lowest BCUT2D eigenvalue weighted by Gasteiger charge is -2.04. The Morgan fingerprint density at radius 2 is 2.05 bits per heavy atom. The Labute approximate surface area is 124 Å². The molecule has 1 aromatic carbocycles. The SMILES string of the molecule is CCOC(=O)[C@H]1[C@H](c2cccnc2)N1Cc1ccccc1. The van der Waals surface area contributed by atoms with Crippen molar-refractivity contribution in [3.63, 3.8) is 0 Å². The number of benzene rings is 1. The topological polar surface area (TPSA) is 42.2 Å². The van der Waals surface area contributed by atoms with E-state index >= 15 is 0 Å². The summed E-state index contributed by atoms with van der Waals surface area (Å²) in [7, 11) is 0. The Bertz CT molecular complexity index is 601. The van der Waals surface area contributed by atoms with E-state index in [1.165, 1.54) is 5.56 Å². The zero-order valence-electron chi connectivity index (χ0n) is 12.0. The van der Waals surface area contributed by atoms with Crippen molar-refractivity contribution in [3.05, 3.63) is 66.0 Å². The Morgan fingerprint density at radius 3 is 2.71 bits per heavy atom. The molecule has 1 fully saturated rings. The molecule has 2 aromatic rings. The molecule has 0 bridgehead atoms. The number of hydrogen-bond acceptors (Lipinski definition) is 4. The van der Waals surface area contributed by atoms with Crippen LogP contribution in [-0.4, -0.2) is 28.5 Å². The Kier molecular flexibility index (Phi) is 3.97. The van der Waals surface area contributed by atoms with Gasteiger partial charge in [-0.1, -0.05) is 36.4 Å². The average Bonchev–Trinajstić information content (AvgIpc) is 3.23. The fourth-order valence-corrected chi connectivity index (χ4v) is 2.68. The summed E-state index contributed by atoms with van der Waals surface area (Å²) in [6.07, 6.45) is 3.56. The summed E-state index contributed by atoms with van der Waals surface area (Å²) in [6.45, 7) is 2.99. The summed E-state index contributed by atoms with van der Waals surface area (Å²) in [5.41, 5.74) is 2.25. The van der Waals surface area contributed by atoms with E-state index in [4.69, 9.17) is 4.74 Å². The Hall–Kier alpha value is -2.20. The first-order valence-corrected chi connectivity index (χ1v) is 7.17. The van der Waals surface area contributed by atoms with Gasteiger partial charge in [0, 0.05) is 18.9 Å². The number of esters is 1. The smallest absolute Gasteiger partial charge is 0.325 e. The largest absolute Gasteiger partial charge is 0.465 e. The van der Waals surface area contributed by atoms with E-state index in [1.54, 1.807) is 6.20 Å². The van der Waals surface area contributed by atoms with E-state index < -0.39 is 0 Å². The van der Waals surface area contributed by atoms with Crippen LogP contribution in [0, 0.1) is 0 Å². The van der Waals surface area contributed by atoms with Crippen molar-refractivity contribution in [1.29, 1.82) is 0 Å². The second-order valence-corrected chi connectivity index (χ2v) is 5.09. The van der Waals surface area contributed by atoms with Gasteiger partial charge in [-0.25, -0.2) is 0 Å². The molecule has 0 radical (unpaired) electrons. The Morgan fingerprint density at radius 1 is 1.24 bits per heavy atom. The number of pyridine rings is 1. The van der Waals surface area contributed by atoms with Crippen LogP contribution in [0.1, 0.15) is 24.1 Å². The molecule has 1 unspecified atom stereocenters. The first-order valence-electron chi connectivity index (χ1n) is 7.17. The van der Waals surface area contributed by atoms with E-state index in [0.29, 0.717) is 6.61 Å². The van der Waals surface area contributed by atoms with Crippen LogP contribution in [0.3, 0.4) is 0 Å². The zero-order chi connectivity index (χ0) is 14.7. The van der Waals surface area contributed by atoms with Crippen LogP contribution in [0.15, 0.2) is 54.9 Å². The molecule has 108 valence electrons. The molecule has 3 atom stereocenters. The minimum Gasteiger partial charge on any atom is -0.465 e. The van der Waals surface area contributed by atoms with Gasteiger partial charge >= 0.3 is 5.97 Å². The van der Waals surface area contributed by atoms with E-state index in [1.807, 2.05) is 43.5 Å². The van der Waals surface area contributed by atoms with Gasteiger partial charge in [0.05, 0.1) is 12.6 Å². The molecule has 1 aliphatic rings. The molecule has 0 N–H and O–H groups in total. The van der Waals surface area contributed by atoms with E-state index in [0.717, 1.165) is 12.1 Å². The maximum absolute atomic E-state index is 12.1. The first-order chi connectivity index (χ1) is 10.3. The number of nitrogens with zero attached hydrogens (tertiary/aromatic N) is 2. The number of carbonyl (C=O) groups excluding carboxylic acids is 1. The minimum atomic E-state index is -0.200. The van der Waals surface area contributed by atoms with Crippen molar-refractivity contribution >= 4 is 5.97 Å². The lowest BCUT2D eigenvalue weighted by atomic mass is 10.1. The van der Waals surface area contributed by atoms with Crippen LogP contribution in [0.5, 0.6) is 0 Å². The molecule has 4 nitrogen and oxygen atoms in total. The van der Waals surface area contributed by atoms with Crippen molar-refractivity contribution in [2.24, 2.45) is 0 Å². The summed E-state index contributed by atoms with van der Waals surface area (Å²) in [4.78, 5) is 18.4. The van der Waals surface area contributed by atoms with Crippen molar-refractivity contribution in [1.82, 2.24) is 9.88 Å². The molecule has 1 saturated heterocycles. The first kappa shape index (κ1) is 13.8. The zero-order valence-corrected chi connectivity index (χ0v) is 12.0. The third kappa shape index (κ3) is 2.95. The molecular formula is C17H18N2O2. The van der Waals surface area contributed by atoms with Gasteiger partial charge in [-0.15, -0.1) is 0 Å². The number of rotatable bonds is 5. The molecule has 3 rings (SSSR count). The summed E-state index contributed by atoms with van der Waals surface area (Å²) in [5.74, 6) is -0.151. The van der Waals surface area contributed by atoms with Gasteiger partial charge < -0.3 is 4.74 Å². The van der Waals surface area contributed by atoms with Crippen molar-refractivity contribution in [2.45, 2.75) is 25.6 Å². The maximum Gasteiger partial charge on any atom is 0.325 e. The van der Waals surface area contributed by atoms with Crippen molar-refractivity contribution in [2.75, 3.05) is 6.61 Å². The summed E-state index contributed by atoms with van der Waals surface area (Å²) in [6, 6.07) is 13.9. The molecule has 21 heavy (non-hydrogen) atoms. The standard InChI is InChI=1S/C17H18N2O2/c1-2-21-17(20)16-15(14-9-6-10-18-11-14)19(16)12-13-7-4-3-5-8-13/h3-11,15-16H,2,12H2,1H3/t15-,16+,19?/m0/s1. The van der Waals surface area contributed by atoms with Gasteiger partial charge in [0.25, 0.3) is 0 Å². The monoisotopic (exact) mass is 282 g/mol. The summed E-state index contributed by atoms with van der Waals surface area (Å²) in [5, 5.41) is 0. The molecule has 0 saturated carbocycles. The fourth-order valence-electron chi connectivity index (χ4n) is 2.68. The van der Waals surface area contributed by atoms with E-state index in [-0.39, 0.29) is 18.1 Å². The van der Waals surface area contributed by atoms with Crippen molar-refractivity contribution in [3.8, 4) is 0 Å². The van der Waals surface area contributed by atoms with Gasteiger partial charge in [-0.05, 0) is 24.1 Å². The fraction of sp³-hybridized carbons (Fsp3) is 0.294. The molecule has 1 aliphatic heterocycles. The van der Waals surface area contributed by atoms with Gasteiger partial charge in [0.2, 0.25) is 0 Å². The predicted octanol–water partition coefficient (Wildman–Crippen LogP) is 2.57. The third-order valence-corrected chi connectivity index (χ3v) is 3.69. The van der Waals surface area contributed by atoms with Crippen LogP contribution < -0.4 is 0 Å². The Balaban J connectivity index is 1.78. The molecule has 2 heterocycles. The lowest BCUT2D eigenvalue weighted by Crippen LogP contribution is -2.16. The van der Waals surface area contributed by atoms with Gasteiger partial charge in [0.15, 0.2) is 0 Å². The highest BCUT2D eigenvalue weighted by molar-refractivity contribution is 5.80. The van der Waals surface area contributed by atoms with Gasteiger partial charge in [-0.2, -0.15) is 0 Å². The number of aromatic nitrogens is 1. The lowest BCUT2D eigenvalue weighted by molar-refractivity contribution is -0.143. The maximum atomic E-state index is 12.1. The highest BCUT2D eigenvalue weighted by Crippen LogP contribution is 2.44. The van der Waals surface area contributed by atoms with Crippen LogP contribution >= 0.6 is 0 Å². The second kappa shape index (κ2) is 6.06. The molecule has 4 heteroatoms. The van der Waals surface area contributed by atoms with Crippen LogP contribution in [0.25, 0.3) is 0 Å². The number of carbonyl (C=O) groups is 1. The number of ether oxygens (including phenoxy) is 1. The van der Waals surface area contributed by atoms with Gasteiger partial charge in [0.1, 0.15) is 6.04 Å². The number of hydrogen-bond donors (Lipinski definition) is 0. The summed E-state index contributed by atoms with van der Waals surface area (Å²) >= 11 is 0. The van der Waals surface area contributed by atoms with Crippen LogP contribution in [-0.2, 0) is 16.1 Å². The van der Waals surface area contributed by atoms with Gasteiger partial charge in [-0.3, -0.25) is 14.7 Å². The predicted molar refractivity (Wildman–Crippen MR) is 79.4 cm³/mol. The molecule has 0 amide bonds. The highest BCUT2D eigenvalue weighted by Gasteiger charge is 2.54. The molecule has 0 aliphatic carbocycles. The normalized spacial score (nSPS) is 23.6. The summed E-state index contributed by atoms with van der Waals surface area (Å²) < 4.78 is 5.18. The average molecular weight is 282 g/mol. The molecule has 1 aromatic heterocycles. The van der Waals surface area contributed by atoms with E-state index in [2.05, 4.69) is 22.0 Å². The molecule has 0 spiro atoms. The molecular weight excluding hydrogens is 264 g/mol. The van der Waals surface area contributed by atoms with Crippen LogP contribution in [0.2, 0.25) is 0 Å². The second-order valence-electron chi connectivity index (χ2n) is 5.09. The van der Waals surface area contributed by atoms with Crippen LogP contribution in [0.4, 0.5) is 0 Å². The third-order valence-electron chi connectivity index (χ3n) is 3.69. The highest BCUT2D eigenvalue weighted by atomic mass is 16.5. The van der Waals surface area contributed by atoms with E-state index in [9.17, 15) is 4.79 Å². The quantitative estimate of drug-likeness (QED) is 0.624. The minimum absolute atomic E-state index is 0.0676. The van der Waals surface area contributed by atoms with Crippen molar-refractivity contribution < 1.29 is 9.53 Å².